The van der Waals surface area contributed by atoms with Crippen LogP contribution < -0.4 is 5.32 Å². The van der Waals surface area contributed by atoms with Crippen molar-refractivity contribution in [2.24, 2.45) is 0 Å². The Bertz CT molecular complexity index is 1290. The number of nitrogens with one attached hydrogen (secondary N) is 1. The van der Waals surface area contributed by atoms with Crippen molar-refractivity contribution in [3.63, 3.8) is 0 Å². The summed E-state index contributed by atoms with van der Waals surface area (Å²) in [6, 6.07) is 8.31. The van der Waals surface area contributed by atoms with Crippen LogP contribution in [-0.4, -0.2) is 47.5 Å². The molecule has 0 bridgehead atoms. The third-order valence-corrected chi connectivity index (χ3v) is 7.93. The molecular formula is C18H16BrN5O3S2. The number of ether oxygens (including phenoxy) is 1. The van der Waals surface area contributed by atoms with Crippen LogP contribution in [0.15, 0.2) is 50.1 Å². The van der Waals surface area contributed by atoms with E-state index in [-0.39, 0.29) is 21.7 Å². The van der Waals surface area contributed by atoms with Crippen molar-refractivity contribution in [3.05, 3.63) is 40.2 Å². The second kappa shape index (κ2) is 7.31. The molecule has 0 radical (unpaired) electrons. The number of nitrogens with zero attached hydrogens (tertiary/aromatic N) is 4. The van der Waals surface area contributed by atoms with Crippen molar-refractivity contribution in [1.29, 1.82) is 0 Å². The summed E-state index contributed by atoms with van der Waals surface area (Å²) in [5.74, 6) is 0.618. The Hall–Kier alpha value is -2.08. The largest absolute Gasteiger partial charge is 0.376 e. The molecule has 8 nitrogen and oxygen atoms in total. The van der Waals surface area contributed by atoms with E-state index in [0.717, 1.165) is 34.1 Å². The molecule has 150 valence electrons. The lowest BCUT2D eigenvalue weighted by Crippen LogP contribution is -2.19. The molecule has 1 N–H and O–H groups in total. The molecule has 1 aliphatic rings. The highest BCUT2D eigenvalue weighted by Gasteiger charge is 2.27. The predicted molar refractivity (Wildman–Crippen MR) is 113 cm³/mol. The van der Waals surface area contributed by atoms with E-state index in [1.165, 1.54) is 28.0 Å². The zero-order valence-corrected chi connectivity index (χ0v) is 18.3. The average Bonchev–Trinajstić information content (AvgIpc) is 3.45. The summed E-state index contributed by atoms with van der Waals surface area (Å²) in [6.07, 6.45) is 2.19. The minimum Gasteiger partial charge on any atom is -0.376 e. The van der Waals surface area contributed by atoms with E-state index >= 15 is 0 Å². The Morgan fingerprint density at radius 2 is 2.10 bits per heavy atom. The third-order valence-electron chi connectivity index (χ3n) is 4.82. The van der Waals surface area contributed by atoms with Crippen LogP contribution in [0.1, 0.15) is 12.8 Å². The SMILES string of the molecule is O=S(=O)(c1ccc(Br)cc1)c1nnn2c1nc(NCC1CCCO1)c1sccc12. The molecule has 1 aliphatic heterocycles. The van der Waals surface area contributed by atoms with E-state index < -0.39 is 9.84 Å². The van der Waals surface area contributed by atoms with Crippen molar-refractivity contribution in [2.75, 3.05) is 18.5 Å². The third kappa shape index (κ3) is 3.31. The molecule has 1 fully saturated rings. The highest BCUT2D eigenvalue weighted by Crippen LogP contribution is 2.31. The lowest BCUT2D eigenvalue weighted by molar-refractivity contribution is 0.120. The number of aromatic nitrogens is 4. The minimum absolute atomic E-state index is 0.136. The van der Waals surface area contributed by atoms with Crippen LogP contribution in [0.4, 0.5) is 5.82 Å². The molecule has 0 spiro atoms. The molecule has 4 heterocycles. The molecule has 5 rings (SSSR count). The lowest BCUT2D eigenvalue weighted by Gasteiger charge is -2.12. The van der Waals surface area contributed by atoms with Crippen LogP contribution in [0.3, 0.4) is 0 Å². The molecule has 1 atom stereocenters. The van der Waals surface area contributed by atoms with Gasteiger partial charge in [-0.3, -0.25) is 0 Å². The maximum atomic E-state index is 13.2. The van der Waals surface area contributed by atoms with Crippen molar-refractivity contribution in [3.8, 4) is 0 Å². The number of hydrogen-bond acceptors (Lipinski definition) is 8. The fourth-order valence-electron chi connectivity index (χ4n) is 3.36. The molecule has 1 unspecified atom stereocenters. The van der Waals surface area contributed by atoms with E-state index in [1.54, 1.807) is 12.1 Å². The fourth-order valence-corrected chi connectivity index (χ4v) is 5.69. The van der Waals surface area contributed by atoms with E-state index in [1.807, 2.05) is 11.4 Å². The van der Waals surface area contributed by atoms with Gasteiger partial charge in [0.1, 0.15) is 5.82 Å². The normalized spacial score (nSPS) is 17.3. The second-order valence-corrected chi connectivity index (χ2v) is 10.4. The molecule has 4 aromatic rings. The number of halogens is 1. The number of hydrogen-bond donors (Lipinski definition) is 1. The van der Waals surface area contributed by atoms with Crippen LogP contribution in [0.5, 0.6) is 0 Å². The van der Waals surface area contributed by atoms with Gasteiger partial charge in [-0.1, -0.05) is 21.1 Å². The van der Waals surface area contributed by atoms with E-state index in [9.17, 15) is 8.42 Å². The van der Waals surface area contributed by atoms with Crippen LogP contribution >= 0.6 is 27.3 Å². The summed E-state index contributed by atoms with van der Waals surface area (Å²) in [4.78, 5) is 4.74. The maximum Gasteiger partial charge on any atom is 0.229 e. The Morgan fingerprint density at radius 3 is 2.86 bits per heavy atom. The highest BCUT2D eigenvalue weighted by atomic mass is 79.9. The van der Waals surface area contributed by atoms with Crippen LogP contribution in [0, 0.1) is 0 Å². The molecule has 1 saturated heterocycles. The number of anilines is 1. The molecule has 3 aromatic heterocycles. The average molecular weight is 494 g/mol. The number of fused-ring (bicyclic) bond motifs is 3. The molecule has 1 aromatic carbocycles. The van der Waals surface area contributed by atoms with Crippen molar-refractivity contribution in [2.45, 2.75) is 28.9 Å². The van der Waals surface area contributed by atoms with Crippen molar-refractivity contribution < 1.29 is 13.2 Å². The molecular weight excluding hydrogens is 478 g/mol. The van der Waals surface area contributed by atoms with E-state index in [0.29, 0.717) is 12.4 Å². The van der Waals surface area contributed by atoms with E-state index in [2.05, 4.69) is 36.5 Å². The standard InChI is InChI=1S/C18H16BrN5O3S2/c19-11-3-5-13(6-4-11)29(25,26)18-17-21-16(20-10-12-2-1-8-27-12)15-14(7-9-28-15)24(17)23-22-18/h3-7,9,12H,1-2,8,10H2,(H,20,21). The van der Waals surface area contributed by atoms with Crippen molar-refractivity contribution >= 4 is 58.8 Å². The van der Waals surface area contributed by atoms with Crippen molar-refractivity contribution in [1.82, 2.24) is 19.8 Å². The van der Waals surface area contributed by atoms with Gasteiger partial charge >= 0.3 is 0 Å². The van der Waals surface area contributed by atoms with Crippen LogP contribution in [-0.2, 0) is 14.6 Å². The predicted octanol–water partition coefficient (Wildman–Crippen LogP) is 3.53. The first-order valence-electron chi connectivity index (χ1n) is 9.03. The lowest BCUT2D eigenvalue weighted by atomic mass is 10.2. The Kier molecular flexibility index (Phi) is 4.77. The van der Waals surface area contributed by atoms with Gasteiger partial charge < -0.3 is 10.1 Å². The smallest absolute Gasteiger partial charge is 0.229 e. The molecule has 11 heteroatoms. The highest BCUT2D eigenvalue weighted by molar-refractivity contribution is 9.10. The second-order valence-electron chi connectivity index (χ2n) is 6.70. The minimum atomic E-state index is -3.86. The van der Waals surface area contributed by atoms with Gasteiger partial charge in [0.25, 0.3) is 0 Å². The first-order chi connectivity index (χ1) is 14.0. The van der Waals surface area contributed by atoms with Gasteiger partial charge in [-0.2, -0.15) is 4.52 Å². The van der Waals surface area contributed by atoms with Gasteiger partial charge in [0.15, 0.2) is 5.65 Å². The Balaban J connectivity index is 1.62. The molecule has 0 saturated carbocycles. The zero-order chi connectivity index (χ0) is 20.0. The summed E-state index contributed by atoms with van der Waals surface area (Å²) >= 11 is 4.84. The first-order valence-corrected chi connectivity index (χ1v) is 12.2. The van der Waals surface area contributed by atoms with Gasteiger partial charge in [0.05, 0.1) is 21.2 Å². The van der Waals surface area contributed by atoms with Gasteiger partial charge in [0.2, 0.25) is 14.9 Å². The topological polar surface area (TPSA) is 98.5 Å². The van der Waals surface area contributed by atoms with Crippen LogP contribution in [0.2, 0.25) is 0 Å². The number of rotatable bonds is 5. The molecule has 29 heavy (non-hydrogen) atoms. The summed E-state index contributed by atoms with van der Waals surface area (Å²) in [7, 11) is -3.86. The van der Waals surface area contributed by atoms with Gasteiger partial charge in [-0.05, 0) is 48.6 Å². The van der Waals surface area contributed by atoms with E-state index in [4.69, 9.17) is 4.74 Å². The van der Waals surface area contributed by atoms with Gasteiger partial charge in [-0.25, -0.2) is 13.4 Å². The maximum absolute atomic E-state index is 13.2. The summed E-state index contributed by atoms with van der Waals surface area (Å²) in [6.45, 7) is 1.39. The van der Waals surface area contributed by atoms with Gasteiger partial charge in [-0.15, -0.1) is 16.4 Å². The monoisotopic (exact) mass is 493 g/mol. The molecule has 0 amide bonds. The fraction of sp³-hybridized carbons (Fsp3) is 0.278. The van der Waals surface area contributed by atoms with Gasteiger partial charge in [0, 0.05) is 17.6 Å². The zero-order valence-electron chi connectivity index (χ0n) is 15.1. The summed E-state index contributed by atoms with van der Waals surface area (Å²) in [5.41, 5.74) is 0.966. The number of sulfone groups is 1. The Morgan fingerprint density at radius 1 is 1.28 bits per heavy atom. The Labute approximate surface area is 178 Å². The molecule has 0 aliphatic carbocycles. The first kappa shape index (κ1) is 18.9. The quantitative estimate of drug-likeness (QED) is 0.453. The summed E-state index contributed by atoms with van der Waals surface area (Å²) < 4.78 is 35.2. The number of benzene rings is 1. The number of thiophene rings is 1. The van der Waals surface area contributed by atoms with Crippen LogP contribution in [0.25, 0.3) is 15.9 Å². The summed E-state index contributed by atoms with van der Waals surface area (Å²) in [5, 5.41) is 13.1.